The van der Waals surface area contributed by atoms with Crippen LogP contribution in [0.2, 0.25) is 0 Å². The van der Waals surface area contributed by atoms with Gasteiger partial charge in [0, 0.05) is 10.2 Å². The van der Waals surface area contributed by atoms with E-state index in [1.807, 2.05) is 0 Å². The highest BCUT2D eigenvalue weighted by molar-refractivity contribution is 9.11. The van der Waals surface area contributed by atoms with Gasteiger partial charge in [0.15, 0.2) is 0 Å². The van der Waals surface area contributed by atoms with Crippen LogP contribution in [0.4, 0.5) is 5.69 Å². The summed E-state index contributed by atoms with van der Waals surface area (Å²) in [5.74, 6) is -0.964. The van der Waals surface area contributed by atoms with Crippen LogP contribution in [0.25, 0.3) is 0 Å². The van der Waals surface area contributed by atoms with Crippen molar-refractivity contribution in [3.8, 4) is 11.5 Å². The summed E-state index contributed by atoms with van der Waals surface area (Å²) in [4.78, 5) is 12.1. The second-order valence-corrected chi connectivity index (χ2v) is 6.44. The first kappa shape index (κ1) is 15.3. The molecule has 0 aromatic heterocycles. The van der Waals surface area contributed by atoms with Crippen LogP contribution in [0.1, 0.15) is 10.4 Å². The second kappa shape index (κ2) is 6.15. The van der Waals surface area contributed by atoms with Crippen LogP contribution in [0.3, 0.4) is 0 Å². The smallest absolute Gasteiger partial charge is 0.259 e. The molecule has 0 bridgehead atoms. The minimum Gasteiger partial charge on any atom is -0.506 e. The fourth-order valence-corrected chi connectivity index (χ4v) is 2.89. The Bertz CT molecular complexity index is 672. The van der Waals surface area contributed by atoms with Gasteiger partial charge in [-0.25, -0.2) is 0 Å². The van der Waals surface area contributed by atoms with Gasteiger partial charge in [0.05, 0.1) is 10.0 Å². The third-order valence-electron chi connectivity index (χ3n) is 2.51. The van der Waals surface area contributed by atoms with Gasteiger partial charge in [0.25, 0.3) is 5.91 Å². The maximum atomic E-state index is 12.1. The largest absolute Gasteiger partial charge is 0.506 e. The average Bonchev–Trinajstić information content (AvgIpc) is 2.43. The number of amides is 1. The molecule has 0 fully saturated rings. The fraction of sp³-hybridized carbons (Fsp3) is 0. The Morgan fingerprint density at radius 2 is 1.60 bits per heavy atom. The van der Waals surface area contributed by atoms with E-state index in [2.05, 4.69) is 53.1 Å². The number of phenolic OH excluding ortho intramolecular Hbond substituents is 2. The molecule has 2 aromatic rings. The lowest BCUT2D eigenvalue weighted by molar-refractivity contribution is 0.102. The summed E-state index contributed by atoms with van der Waals surface area (Å²) < 4.78 is 1.27. The molecule has 7 heteroatoms. The number of carbonyl (C=O) groups excluding carboxylic acids is 1. The zero-order valence-corrected chi connectivity index (χ0v) is 14.6. The maximum Gasteiger partial charge on any atom is 0.259 e. The predicted molar refractivity (Wildman–Crippen MR) is 87.3 cm³/mol. The van der Waals surface area contributed by atoms with Gasteiger partial charge in [0.2, 0.25) is 0 Å². The molecule has 3 N–H and O–H groups in total. The zero-order valence-electron chi connectivity index (χ0n) is 9.82. The molecule has 0 aliphatic carbocycles. The Hall–Kier alpha value is -1.05. The van der Waals surface area contributed by atoms with Gasteiger partial charge < -0.3 is 15.5 Å². The van der Waals surface area contributed by atoms with Gasteiger partial charge in [0.1, 0.15) is 16.0 Å². The number of halogens is 3. The third-order valence-corrected chi connectivity index (χ3v) is 4.40. The van der Waals surface area contributed by atoms with Crippen LogP contribution >= 0.6 is 47.8 Å². The molecular weight excluding hydrogens is 458 g/mol. The molecule has 2 rings (SSSR count). The van der Waals surface area contributed by atoms with Crippen molar-refractivity contribution in [3.63, 3.8) is 0 Å². The molecule has 0 saturated carbocycles. The van der Waals surface area contributed by atoms with Crippen LogP contribution in [-0.4, -0.2) is 16.1 Å². The zero-order chi connectivity index (χ0) is 14.9. The number of phenols is 2. The van der Waals surface area contributed by atoms with E-state index in [1.165, 1.54) is 6.07 Å². The highest BCUT2D eigenvalue weighted by Crippen LogP contribution is 2.41. The molecule has 0 aliphatic heterocycles. The van der Waals surface area contributed by atoms with E-state index < -0.39 is 5.91 Å². The number of anilines is 1. The molecular formula is C13H8Br3NO3. The van der Waals surface area contributed by atoms with Crippen LogP contribution in [0, 0.1) is 0 Å². The molecule has 2 aromatic carbocycles. The number of rotatable bonds is 2. The molecule has 20 heavy (non-hydrogen) atoms. The predicted octanol–water partition coefficient (Wildman–Crippen LogP) is 4.64. The Morgan fingerprint density at radius 1 is 1.00 bits per heavy atom. The molecule has 4 nitrogen and oxygen atoms in total. The molecule has 0 heterocycles. The van der Waals surface area contributed by atoms with Gasteiger partial charge >= 0.3 is 0 Å². The number of nitrogens with one attached hydrogen (secondary N) is 1. The van der Waals surface area contributed by atoms with E-state index in [0.29, 0.717) is 10.2 Å². The Balaban J connectivity index is 2.32. The lowest BCUT2D eigenvalue weighted by Crippen LogP contribution is -2.12. The first-order chi connectivity index (χ1) is 9.40. The second-order valence-electron chi connectivity index (χ2n) is 3.88. The maximum absolute atomic E-state index is 12.1. The van der Waals surface area contributed by atoms with Crippen molar-refractivity contribution in [1.29, 1.82) is 0 Å². The summed E-state index contributed by atoms with van der Waals surface area (Å²) >= 11 is 9.45. The van der Waals surface area contributed by atoms with Gasteiger partial charge in [-0.3, -0.25) is 4.79 Å². The third kappa shape index (κ3) is 3.16. The van der Waals surface area contributed by atoms with Crippen LogP contribution < -0.4 is 5.32 Å². The quantitative estimate of drug-likeness (QED) is 0.605. The molecule has 0 aliphatic rings. The van der Waals surface area contributed by atoms with E-state index in [9.17, 15) is 15.0 Å². The van der Waals surface area contributed by atoms with E-state index in [-0.39, 0.29) is 21.5 Å². The van der Waals surface area contributed by atoms with E-state index >= 15 is 0 Å². The minimum absolute atomic E-state index is 0.0458. The SMILES string of the molecule is O=C(Nc1ccc(Br)cc1)c1cc(Br)c(O)c(Br)c1O. The number of carbonyl (C=O) groups is 1. The van der Waals surface area contributed by atoms with Gasteiger partial charge in [-0.1, -0.05) is 15.9 Å². The van der Waals surface area contributed by atoms with Gasteiger partial charge in [-0.2, -0.15) is 0 Å². The number of hydrogen-bond donors (Lipinski definition) is 3. The van der Waals surface area contributed by atoms with Crippen LogP contribution in [0.5, 0.6) is 11.5 Å². The van der Waals surface area contributed by atoms with Crippen molar-refractivity contribution < 1.29 is 15.0 Å². The fourth-order valence-electron chi connectivity index (χ4n) is 1.50. The van der Waals surface area contributed by atoms with Gasteiger partial charge in [-0.15, -0.1) is 0 Å². The molecule has 0 atom stereocenters. The van der Waals surface area contributed by atoms with Crippen LogP contribution in [0.15, 0.2) is 43.7 Å². The van der Waals surface area contributed by atoms with Crippen molar-refractivity contribution in [3.05, 3.63) is 49.3 Å². The van der Waals surface area contributed by atoms with Crippen LogP contribution in [-0.2, 0) is 0 Å². The topological polar surface area (TPSA) is 69.6 Å². The highest BCUT2D eigenvalue weighted by Gasteiger charge is 2.19. The normalized spacial score (nSPS) is 10.3. The standard InChI is InChI=1S/C13H8Br3NO3/c14-6-1-3-7(4-2-6)17-13(20)8-5-9(15)12(19)10(16)11(8)18/h1-5,18-19H,(H,17,20). The molecule has 0 unspecified atom stereocenters. The lowest BCUT2D eigenvalue weighted by Gasteiger charge is -2.10. The first-order valence-corrected chi connectivity index (χ1v) is 7.75. The highest BCUT2D eigenvalue weighted by atomic mass is 79.9. The van der Waals surface area contributed by atoms with Crippen molar-refractivity contribution >= 4 is 59.4 Å². The molecule has 1 amide bonds. The minimum atomic E-state index is -0.480. The van der Waals surface area contributed by atoms with E-state index in [4.69, 9.17) is 0 Å². The first-order valence-electron chi connectivity index (χ1n) is 5.37. The summed E-state index contributed by atoms with van der Waals surface area (Å²) in [5, 5.41) is 22.2. The average molecular weight is 466 g/mol. The Morgan fingerprint density at radius 3 is 2.20 bits per heavy atom. The van der Waals surface area contributed by atoms with Crippen molar-refractivity contribution in [2.45, 2.75) is 0 Å². The number of aromatic hydroxyl groups is 2. The molecule has 104 valence electrons. The van der Waals surface area contributed by atoms with E-state index in [1.54, 1.807) is 24.3 Å². The summed E-state index contributed by atoms with van der Waals surface area (Å²) in [6, 6.07) is 8.38. The Kier molecular flexibility index (Phi) is 4.72. The Labute approximate surface area is 140 Å². The summed E-state index contributed by atoms with van der Waals surface area (Å²) in [5.41, 5.74) is 0.641. The summed E-state index contributed by atoms with van der Waals surface area (Å²) in [6.07, 6.45) is 0. The number of hydrogen-bond acceptors (Lipinski definition) is 3. The monoisotopic (exact) mass is 463 g/mol. The summed E-state index contributed by atoms with van der Waals surface area (Å²) in [6.45, 7) is 0. The van der Waals surface area contributed by atoms with Gasteiger partial charge in [-0.05, 0) is 62.2 Å². The van der Waals surface area contributed by atoms with E-state index in [0.717, 1.165) is 4.47 Å². The lowest BCUT2D eigenvalue weighted by atomic mass is 10.1. The van der Waals surface area contributed by atoms with Crippen molar-refractivity contribution in [1.82, 2.24) is 0 Å². The van der Waals surface area contributed by atoms with Crippen molar-refractivity contribution in [2.24, 2.45) is 0 Å². The molecule has 0 radical (unpaired) electrons. The molecule has 0 saturated heterocycles. The van der Waals surface area contributed by atoms with Crippen molar-refractivity contribution in [2.75, 3.05) is 5.32 Å². The number of benzene rings is 2. The summed E-state index contributed by atoms with van der Waals surface area (Å²) in [7, 11) is 0. The molecule has 0 spiro atoms.